The molecule has 2 N–H and O–H groups in total. The molecule has 0 bridgehead atoms. The van der Waals surface area contributed by atoms with E-state index in [9.17, 15) is 9.90 Å². The maximum Gasteiger partial charge on any atom is 0.254 e. The summed E-state index contributed by atoms with van der Waals surface area (Å²) in [6.07, 6.45) is 2.71. The maximum atomic E-state index is 12.5. The molecule has 1 aliphatic rings. The van der Waals surface area contributed by atoms with E-state index in [1.807, 2.05) is 42.8 Å². The SMILES string of the molecule is Cc1cccc(C(O)CNC(=O)c2cnn(C3CCOCC3)c2C)c1. The number of amides is 1. The standard InChI is InChI=1S/C19H25N3O3/c1-13-4-3-5-15(10-13)18(23)12-20-19(24)17-11-21-22(14(17)2)16-6-8-25-9-7-16/h3-5,10-11,16,18,23H,6-9,12H2,1-2H3,(H,20,24). The number of aryl methyl sites for hydroxylation is 1. The molecule has 6 heteroatoms. The number of benzene rings is 1. The van der Waals surface area contributed by atoms with Crippen molar-refractivity contribution in [1.82, 2.24) is 15.1 Å². The van der Waals surface area contributed by atoms with Gasteiger partial charge in [-0.15, -0.1) is 0 Å². The molecule has 0 saturated carbocycles. The van der Waals surface area contributed by atoms with Gasteiger partial charge >= 0.3 is 0 Å². The van der Waals surface area contributed by atoms with Crippen molar-refractivity contribution in [3.63, 3.8) is 0 Å². The molecule has 6 nitrogen and oxygen atoms in total. The van der Waals surface area contributed by atoms with Gasteiger partial charge in [0.05, 0.1) is 23.9 Å². The number of aliphatic hydroxyl groups excluding tert-OH is 1. The smallest absolute Gasteiger partial charge is 0.254 e. The lowest BCUT2D eigenvalue weighted by atomic mass is 10.1. The summed E-state index contributed by atoms with van der Waals surface area (Å²) in [5.41, 5.74) is 3.30. The fourth-order valence-electron chi connectivity index (χ4n) is 3.22. The van der Waals surface area contributed by atoms with Crippen molar-refractivity contribution < 1.29 is 14.6 Å². The largest absolute Gasteiger partial charge is 0.387 e. The molecule has 1 aliphatic heterocycles. The second kappa shape index (κ2) is 7.80. The van der Waals surface area contributed by atoms with Crippen molar-refractivity contribution in [2.24, 2.45) is 0 Å². The highest BCUT2D eigenvalue weighted by molar-refractivity contribution is 5.95. The molecule has 1 aromatic heterocycles. The number of carbonyl (C=O) groups excluding carboxylic acids is 1. The summed E-state index contributed by atoms with van der Waals surface area (Å²) in [5.74, 6) is -0.206. The molecule has 3 rings (SSSR count). The predicted molar refractivity (Wildman–Crippen MR) is 94.5 cm³/mol. The van der Waals surface area contributed by atoms with Gasteiger partial charge in [-0.25, -0.2) is 0 Å². The van der Waals surface area contributed by atoms with Crippen LogP contribution >= 0.6 is 0 Å². The predicted octanol–water partition coefficient (Wildman–Crippen LogP) is 2.31. The highest BCUT2D eigenvalue weighted by Crippen LogP contribution is 2.23. The van der Waals surface area contributed by atoms with Crippen LogP contribution in [0.25, 0.3) is 0 Å². The van der Waals surface area contributed by atoms with Crippen LogP contribution in [-0.2, 0) is 4.74 Å². The first-order valence-corrected chi connectivity index (χ1v) is 8.71. The van der Waals surface area contributed by atoms with Crippen LogP contribution in [0.5, 0.6) is 0 Å². The summed E-state index contributed by atoms with van der Waals surface area (Å²) in [5, 5.41) is 17.5. The normalized spacial score (nSPS) is 16.6. The number of hydrogen-bond donors (Lipinski definition) is 2. The molecule has 25 heavy (non-hydrogen) atoms. The number of hydrogen-bond acceptors (Lipinski definition) is 4. The van der Waals surface area contributed by atoms with Crippen LogP contribution in [0.4, 0.5) is 0 Å². The molecule has 1 amide bonds. The molecular formula is C19H25N3O3. The summed E-state index contributed by atoms with van der Waals surface area (Å²) in [7, 11) is 0. The molecule has 2 aromatic rings. The summed E-state index contributed by atoms with van der Waals surface area (Å²) in [6.45, 7) is 5.52. The minimum Gasteiger partial charge on any atom is -0.387 e. The van der Waals surface area contributed by atoms with Crippen molar-refractivity contribution in [3.05, 3.63) is 52.8 Å². The van der Waals surface area contributed by atoms with E-state index in [0.717, 1.165) is 42.9 Å². The van der Waals surface area contributed by atoms with Gasteiger partial charge in [0.25, 0.3) is 5.91 Å². The van der Waals surface area contributed by atoms with Gasteiger partial charge in [0.1, 0.15) is 0 Å². The Kier molecular flexibility index (Phi) is 5.50. The van der Waals surface area contributed by atoms with Gasteiger partial charge in [-0.3, -0.25) is 9.48 Å². The van der Waals surface area contributed by atoms with Crippen LogP contribution < -0.4 is 5.32 Å². The molecule has 2 heterocycles. The first-order valence-electron chi connectivity index (χ1n) is 8.71. The number of ether oxygens (including phenoxy) is 1. The fraction of sp³-hybridized carbons (Fsp3) is 0.474. The molecule has 1 unspecified atom stereocenters. The first kappa shape index (κ1) is 17.6. The summed E-state index contributed by atoms with van der Waals surface area (Å²) >= 11 is 0. The van der Waals surface area contributed by atoms with E-state index in [4.69, 9.17) is 4.74 Å². The lowest BCUT2D eigenvalue weighted by molar-refractivity contribution is 0.0656. The van der Waals surface area contributed by atoms with Gasteiger partial charge < -0.3 is 15.2 Å². The fourth-order valence-corrected chi connectivity index (χ4v) is 3.22. The molecule has 1 atom stereocenters. The van der Waals surface area contributed by atoms with Gasteiger partial charge in [-0.1, -0.05) is 29.8 Å². The quantitative estimate of drug-likeness (QED) is 0.873. The number of rotatable bonds is 5. The highest BCUT2D eigenvalue weighted by atomic mass is 16.5. The third-order valence-corrected chi connectivity index (χ3v) is 4.71. The lowest BCUT2D eigenvalue weighted by Crippen LogP contribution is -2.29. The van der Waals surface area contributed by atoms with Crippen LogP contribution in [0.15, 0.2) is 30.5 Å². The molecule has 1 saturated heterocycles. The van der Waals surface area contributed by atoms with E-state index in [1.54, 1.807) is 6.20 Å². The monoisotopic (exact) mass is 343 g/mol. The summed E-state index contributed by atoms with van der Waals surface area (Å²) in [6, 6.07) is 7.94. The van der Waals surface area contributed by atoms with Crippen LogP contribution in [-0.4, -0.2) is 40.6 Å². The Hall–Kier alpha value is -2.18. The van der Waals surface area contributed by atoms with Crippen LogP contribution in [0.2, 0.25) is 0 Å². The topological polar surface area (TPSA) is 76.4 Å². The van der Waals surface area contributed by atoms with Crippen molar-refractivity contribution in [3.8, 4) is 0 Å². The van der Waals surface area contributed by atoms with Crippen LogP contribution in [0.1, 0.15) is 52.2 Å². The lowest BCUT2D eigenvalue weighted by Gasteiger charge is -2.23. The van der Waals surface area contributed by atoms with Gasteiger partial charge in [0.15, 0.2) is 0 Å². The van der Waals surface area contributed by atoms with E-state index in [-0.39, 0.29) is 18.5 Å². The molecule has 0 radical (unpaired) electrons. The molecular weight excluding hydrogens is 318 g/mol. The van der Waals surface area contributed by atoms with E-state index in [2.05, 4.69) is 10.4 Å². The Balaban J connectivity index is 1.62. The second-order valence-corrected chi connectivity index (χ2v) is 6.57. The van der Waals surface area contributed by atoms with Gasteiger partial charge in [-0.2, -0.15) is 5.10 Å². The van der Waals surface area contributed by atoms with Crippen molar-refractivity contribution in [2.75, 3.05) is 19.8 Å². The van der Waals surface area contributed by atoms with Crippen molar-refractivity contribution in [2.45, 2.75) is 38.8 Å². The Bertz CT molecular complexity index is 735. The average Bonchev–Trinajstić information content (AvgIpc) is 3.01. The zero-order chi connectivity index (χ0) is 17.8. The maximum absolute atomic E-state index is 12.5. The van der Waals surface area contributed by atoms with E-state index >= 15 is 0 Å². The molecule has 1 aromatic carbocycles. The van der Waals surface area contributed by atoms with E-state index < -0.39 is 6.10 Å². The average molecular weight is 343 g/mol. The van der Waals surface area contributed by atoms with Crippen molar-refractivity contribution >= 4 is 5.91 Å². The highest BCUT2D eigenvalue weighted by Gasteiger charge is 2.22. The van der Waals surface area contributed by atoms with Gasteiger partial charge in [0.2, 0.25) is 0 Å². The minimum absolute atomic E-state index is 0.171. The molecule has 1 fully saturated rings. The van der Waals surface area contributed by atoms with Crippen LogP contribution in [0, 0.1) is 13.8 Å². The Labute approximate surface area is 147 Å². The number of aliphatic hydroxyl groups is 1. The molecule has 0 spiro atoms. The number of aromatic nitrogens is 2. The van der Waals surface area contributed by atoms with E-state index in [0.29, 0.717) is 5.56 Å². The Morgan fingerprint density at radius 2 is 2.16 bits per heavy atom. The molecule has 134 valence electrons. The number of nitrogens with zero attached hydrogens (tertiary/aromatic N) is 2. The van der Waals surface area contributed by atoms with Gasteiger partial charge in [-0.05, 0) is 32.3 Å². The zero-order valence-electron chi connectivity index (χ0n) is 14.7. The Morgan fingerprint density at radius 1 is 1.40 bits per heavy atom. The second-order valence-electron chi connectivity index (χ2n) is 6.57. The summed E-state index contributed by atoms with van der Waals surface area (Å²) < 4.78 is 7.31. The van der Waals surface area contributed by atoms with Crippen molar-refractivity contribution in [1.29, 1.82) is 0 Å². The molecule has 0 aliphatic carbocycles. The number of carbonyl (C=O) groups is 1. The van der Waals surface area contributed by atoms with E-state index in [1.165, 1.54) is 0 Å². The van der Waals surface area contributed by atoms with Crippen LogP contribution in [0.3, 0.4) is 0 Å². The minimum atomic E-state index is -0.727. The zero-order valence-corrected chi connectivity index (χ0v) is 14.7. The number of nitrogens with one attached hydrogen (secondary N) is 1. The first-order chi connectivity index (χ1) is 12.1. The third kappa shape index (κ3) is 4.08. The Morgan fingerprint density at radius 3 is 2.88 bits per heavy atom. The van der Waals surface area contributed by atoms with Gasteiger partial charge in [0, 0.05) is 25.5 Å². The summed E-state index contributed by atoms with van der Waals surface area (Å²) in [4.78, 5) is 12.5. The third-order valence-electron chi connectivity index (χ3n) is 4.71.